The van der Waals surface area contributed by atoms with Gasteiger partial charge in [-0.3, -0.25) is 0 Å². The van der Waals surface area contributed by atoms with Crippen LogP contribution in [0.4, 0.5) is 0 Å². The van der Waals surface area contributed by atoms with Crippen LogP contribution in [0.1, 0.15) is 94.9 Å². The van der Waals surface area contributed by atoms with Crippen molar-refractivity contribution >= 4 is 16.6 Å². The van der Waals surface area contributed by atoms with Crippen LogP contribution in [0.3, 0.4) is 0 Å². The molecule has 0 saturated carbocycles. The van der Waals surface area contributed by atoms with Gasteiger partial charge in [-0.2, -0.15) is 0 Å². The highest BCUT2D eigenvalue weighted by molar-refractivity contribution is 6.74. The highest BCUT2D eigenvalue weighted by atomic mass is 28.4. The van der Waals surface area contributed by atoms with E-state index in [4.69, 9.17) is 8.85 Å². The summed E-state index contributed by atoms with van der Waals surface area (Å²) in [5.41, 5.74) is 0. The van der Waals surface area contributed by atoms with Crippen LogP contribution in [0, 0.1) is 23.7 Å². The lowest BCUT2D eigenvalue weighted by Crippen LogP contribution is -2.42. The van der Waals surface area contributed by atoms with Crippen LogP contribution in [0.2, 0.25) is 36.3 Å². The Labute approximate surface area is 215 Å². The summed E-state index contributed by atoms with van der Waals surface area (Å²) in [6.07, 6.45) is 5.09. The number of benzene rings is 1. The van der Waals surface area contributed by atoms with Crippen molar-refractivity contribution in [1.29, 1.82) is 0 Å². The fourth-order valence-corrected chi connectivity index (χ4v) is 12.9. The Kier molecular flexibility index (Phi) is 14.2. The van der Waals surface area contributed by atoms with Crippen LogP contribution < -0.4 is 8.85 Å². The molecule has 1 rings (SSSR count). The molecule has 0 atom stereocenters. The van der Waals surface area contributed by atoms with Crippen molar-refractivity contribution in [1.82, 2.24) is 0 Å². The molecular formula is C30H58O2Si2. The summed E-state index contributed by atoms with van der Waals surface area (Å²) >= 11 is 0. The fraction of sp³-hybridized carbons (Fsp3) is 0.800. The summed E-state index contributed by atoms with van der Waals surface area (Å²) < 4.78 is 13.8. The van der Waals surface area contributed by atoms with Gasteiger partial charge in [0.25, 0.3) is 16.6 Å². The molecule has 1 aromatic carbocycles. The zero-order valence-corrected chi connectivity index (χ0v) is 26.5. The summed E-state index contributed by atoms with van der Waals surface area (Å²) in [4.78, 5) is 0. The van der Waals surface area contributed by atoms with Crippen LogP contribution >= 0.6 is 0 Å². The zero-order chi connectivity index (χ0) is 25.8. The lowest BCUT2D eigenvalue weighted by molar-refractivity contribution is 0.483. The third-order valence-corrected chi connectivity index (χ3v) is 16.2. The summed E-state index contributed by atoms with van der Waals surface area (Å²) in [5.74, 6) is 5.06. The highest BCUT2D eigenvalue weighted by Gasteiger charge is 2.36. The quantitative estimate of drug-likeness (QED) is 0.184. The predicted molar refractivity (Wildman–Crippen MR) is 157 cm³/mol. The third-order valence-electron chi connectivity index (χ3n) is 7.49. The van der Waals surface area contributed by atoms with Gasteiger partial charge >= 0.3 is 0 Å². The topological polar surface area (TPSA) is 18.5 Å². The number of rotatable bonds is 18. The van der Waals surface area contributed by atoms with E-state index in [0.29, 0.717) is 0 Å². The van der Waals surface area contributed by atoms with Gasteiger partial charge in [-0.25, -0.2) is 0 Å². The highest BCUT2D eigenvalue weighted by Crippen LogP contribution is 2.34. The Hall–Kier alpha value is -0.746. The zero-order valence-electron chi connectivity index (χ0n) is 24.5. The lowest BCUT2D eigenvalue weighted by Gasteiger charge is -2.34. The van der Waals surface area contributed by atoms with Crippen molar-refractivity contribution in [3.8, 4) is 11.5 Å². The Balaban J connectivity index is 3.02. The average molecular weight is 507 g/mol. The predicted octanol–water partition coefficient (Wildman–Crippen LogP) is 10.6. The maximum atomic E-state index is 6.92. The smallest absolute Gasteiger partial charge is 0.251 e. The molecular weight excluding hydrogens is 449 g/mol. The van der Waals surface area contributed by atoms with Crippen molar-refractivity contribution in [2.45, 2.75) is 131 Å². The van der Waals surface area contributed by atoms with Crippen LogP contribution in [-0.4, -0.2) is 16.6 Å². The van der Waals surface area contributed by atoms with E-state index in [2.05, 4.69) is 93.5 Å². The van der Waals surface area contributed by atoms with Crippen molar-refractivity contribution in [2.75, 3.05) is 0 Å². The minimum atomic E-state index is -1.79. The van der Waals surface area contributed by atoms with Gasteiger partial charge in [0, 0.05) is 0 Å². The second kappa shape index (κ2) is 15.4. The van der Waals surface area contributed by atoms with E-state index in [0.717, 1.165) is 35.2 Å². The molecule has 198 valence electrons. The molecule has 0 bridgehead atoms. The molecule has 0 aliphatic heterocycles. The van der Waals surface area contributed by atoms with Crippen LogP contribution in [0.25, 0.3) is 0 Å². The minimum Gasteiger partial charge on any atom is -0.543 e. The maximum absolute atomic E-state index is 6.92. The summed E-state index contributed by atoms with van der Waals surface area (Å²) in [6.45, 7) is 23.4. The van der Waals surface area contributed by atoms with Crippen LogP contribution in [-0.2, 0) is 0 Å². The molecule has 0 N–H and O–H groups in total. The van der Waals surface area contributed by atoms with Crippen molar-refractivity contribution in [3.05, 3.63) is 24.3 Å². The number of hydrogen-bond donors (Lipinski definition) is 0. The van der Waals surface area contributed by atoms with Gasteiger partial charge in [-0.05, 0) is 84.2 Å². The third kappa shape index (κ3) is 11.8. The molecule has 0 spiro atoms. The first-order valence-electron chi connectivity index (χ1n) is 14.4. The van der Waals surface area contributed by atoms with Gasteiger partial charge < -0.3 is 8.85 Å². The molecule has 0 saturated heterocycles. The molecule has 0 aliphatic rings. The maximum Gasteiger partial charge on any atom is 0.251 e. The van der Waals surface area contributed by atoms with E-state index in [1.807, 2.05) is 0 Å². The Bertz CT molecular complexity index is 571. The normalized spacial score (nSPS) is 12.9. The Morgan fingerprint density at radius 2 is 0.735 bits per heavy atom. The Morgan fingerprint density at radius 1 is 0.500 bits per heavy atom. The fourth-order valence-electron chi connectivity index (χ4n) is 4.59. The van der Waals surface area contributed by atoms with Gasteiger partial charge in [0.2, 0.25) is 0 Å². The second-order valence-electron chi connectivity index (χ2n) is 12.5. The first-order valence-corrected chi connectivity index (χ1v) is 19.5. The van der Waals surface area contributed by atoms with E-state index in [-0.39, 0.29) is 0 Å². The standard InChI is InChI=1S/C30H58O2Si2/c1-11-33(21-17-25(3)4,22-18-26(5)6)31-29-13-15-30(16-14-29)32-34(12-2,23-19-27(7)8)24-20-28(9)10/h13-16,25-28H,11-12,17-24H2,1-10H3. The lowest BCUT2D eigenvalue weighted by atomic mass is 10.2. The van der Waals surface area contributed by atoms with Gasteiger partial charge in [-0.1, -0.05) is 94.9 Å². The van der Waals surface area contributed by atoms with E-state index < -0.39 is 16.6 Å². The molecule has 0 amide bonds. The average Bonchev–Trinajstić information content (AvgIpc) is 2.78. The molecule has 34 heavy (non-hydrogen) atoms. The van der Waals surface area contributed by atoms with Crippen molar-refractivity contribution in [3.63, 3.8) is 0 Å². The molecule has 1 aromatic rings. The van der Waals surface area contributed by atoms with Crippen LogP contribution in [0.5, 0.6) is 11.5 Å². The largest absolute Gasteiger partial charge is 0.543 e. The van der Waals surface area contributed by atoms with Crippen molar-refractivity contribution < 1.29 is 8.85 Å². The van der Waals surface area contributed by atoms with E-state index >= 15 is 0 Å². The minimum absolute atomic E-state index is 0.737. The van der Waals surface area contributed by atoms with Crippen LogP contribution in [0.15, 0.2) is 24.3 Å². The van der Waals surface area contributed by atoms with E-state index in [1.165, 1.54) is 61.9 Å². The van der Waals surface area contributed by atoms with E-state index in [9.17, 15) is 0 Å². The first kappa shape index (κ1) is 31.3. The Morgan fingerprint density at radius 3 is 0.912 bits per heavy atom. The van der Waals surface area contributed by atoms with E-state index in [1.54, 1.807) is 0 Å². The molecule has 0 aromatic heterocycles. The van der Waals surface area contributed by atoms with Gasteiger partial charge in [0.15, 0.2) is 0 Å². The number of hydrogen-bond acceptors (Lipinski definition) is 2. The summed E-state index contributed by atoms with van der Waals surface area (Å²) in [5, 5.41) is 0. The molecule has 0 fully saturated rings. The summed E-state index contributed by atoms with van der Waals surface area (Å²) in [6, 6.07) is 16.2. The van der Waals surface area contributed by atoms with Gasteiger partial charge in [-0.15, -0.1) is 0 Å². The second-order valence-corrected chi connectivity index (χ2v) is 21.0. The first-order chi connectivity index (χ1) is 15.9. The SMILES string of the molecule is CC[Si](CCC(C)C)(CCC(C)C)Oc1ccc(O[Si](CC)(CCC(C)C)CCC(C)C)cc1. The summed E-state index contributed by atoms with van der Waals surface area (Å²) in [7, 11) is -3.58. The molecule has 0 unspecified atom stereocenters. The molecule has 4 heteroatoms. The molecule has 2 nitrogen and oxygen atoms in total. The van der Waals surface area contributed by atoms with Gasteiger partial charge in [0.1, 0.15) is 11.5 Å². The molecule has 0 heterocycles. The molecule has 0 radical (unpaired) electrons. The monoisotopic (exact) mass is 506 g/mol. The van der Waals surface area contributed by atoms with Gasteiger partial charge in [0.05, 0.1) is 0 Å². The van der Waals surface area contributed by atoms with Crippen molar-refractivity contribution in [2.24, 2.45) is 23.7 Å². The molecule has 0 aliphatic carbocycles.